The molecule has 0 saturated heterocycles. The molecular weight excluding hydrogens is 340 g/mol. The number of H-pyrrole nitrogens is 1. The van der Waals surface area contributed by atoms with Crippen LogP contribution in [0.4, 0.5) is 0 Å². The fourth-order valence-corrected chi connectivity index (χ4v) is 4.24. The summed E-state index contributed by atoms with van der Waals surface area (Å²) in [6.45, 7) is 2.86. The number of nitrogens with one attached hydrogen (secondary N) is 2. The van der Waals surface area contributed by atoms with Gasteiger partial charge >= 0.3 is 0 Å². The zero-order chi connectivity index (χ0) is 18.8. The summed E-state index contributed by atoms with van der Waals surface area (Å²) < 4.78 is 0. The first-order chi connectivity index (χ1) is 13.2. The molecule has 6 heteroatoms. The van der Waals surface area contributed by atoms with Crippen LogP contribution in [0.15, 0.2) is 24.3 Å². The molecule has 2 aliphatic rings. The van der Waals surface area contributed by atoms with Crippen LogP contribution in [-0.2, 0) is 30.7 Å². The van der Waals surface area contributed by atoms with Crippen LogP contribution in [0, 0.1) is 0 Å². The van der Waals surface area contributed by atoms with E-state index in [1.807, 2.05) is 31.2 Å². The summed E-state index contributed by atoms with van der Waals surface area (Å²) in [5.41, 5.74) is 5.12. The highest BCUT2D eigenvalue weighted by atomic mass is 16.2. The third-order valence-electron chi connectivity index (χ3n) is 5.74. The molecule has 0 unspecified atom stereocenters. The Labute approximate surface area is 159 Å². The lowest BCUT2D eigenvalue weighted by molar-refractivity contribution is -0.126. The van der Waals surface area contributed by atoms with Crippen molar-refractivity contribution in [2.24, 2.45) is 0 Å². The monoisotopic (exact) mass is 366 g/mol. The molecule has 0 radical (unpaired) electrons. The molecule has 27 heavy (non-hydrogen) atoms. The minimum atomic E-state index is -0.456. The van der Waals surface area contributed by atoms with E-state index in [9.17, 15) is 9.59 Å². The van der Waals surface area contributed by atoms with E-state index in [2.05, 4.69) is 15.5 Å². The summed E-state index contributed by atoms with van der Waals surface area (Å²) in [4.78, 5) is 27.2. The topological polar surface area (TPSA) is 78.1 Å². The second-order valence-electron chi connectivity index (χ2n) is 7.42. The third-order valence-corrected chi connectivity index (χ3v) is 5.74. The van der Waals surface area contributed by atoms with Crippen LogP contribution in [-0.4, -0.2) is 33.0 Å². The second-order valence-corrected chi connectivity index (χ2v) is 7.42. The predicted octanol–water partition coefficient (Wildman–Crippen LogP) is 2.73. The van der Waals surface area contributed by atoms with Gasteiger partial charge in [-0.3, -0.25) is 14.7 Å². The largest absolute Gasteiger partial charge is 0.349 e. The van der Waals surface area contributed by atoms with Crippen LogP contribution in [0.25, 0.3) is 0 Å². The Balaban J connectivity index is 1.43. The Kier molecular flexibility index (Phi) is 4.97. The van der Waals surface area contributed by atoms with Gasteiger partial charge in [0.1, 0.15) is 6.04 Å². The molecule has 4 rings (SSSR count). The molecule has 2 N–H and O–H groups in total. The number of amides is 2. The number of carbonyl (C=O) groups is 2. The number of rotatable bonds is 5. The minimum absolute atomic E-state index is 0.0544. The summed E-state index contributed by atoms with van der Waals surface area (Å²) >= 11 is 0. The van der Waals surface area contributed by atoms with Crippen molar-refractivity contribution in [3.05, 3.63) is 52.3 Å². The highest BCUT2D eigenvalue weighted by Gasteiger charge is 2.35. The lowest BCUT2D eigenvalue weighted by Crippen LogP contribution is -2.46. The molecule has 1 atom stereocenters. The SMILES string of the molecule is CC[C@H](C(=O)NCc1n[nH]c2c1CCCCC2)N1Cc2ccccc2C1=O. The van der Waals surface area contributed by atoms with Crippen molar-refractivity contribution in [2.45, 2.75) is 64.6 Å². The van der Waals surface area contributed by atoms with Gasteiger partial charge in [0.15, 0.2) is 0 Å². The van der Waals surface area contributed by atoms with Crippen molar-refractivity contribution in [3.63, 3.8) is 0 Å². The number of aromatic nitrogens is 2. The van der Waals surface area contributed by atoms with Gasteiger partial charge in [0.25, 0.3) is 5.91 Å². The molecule has 2 heterocycles. The average molecular weight is 366 g/mol. The molecule has 0 spiro atoms. The van der Waals surface area contributed by atoms with Crippen LogP contribution in [0.1, 0.15) is 65.5 Å². The molecule has 2 amide bonds. The number of benzene rings is 1. The first kappa shape index (κ1) is 17.8. The highest BCUT2D eigenvalue weighted by molar-refractivity contribution is 6.01. The predicted molar refractivity (Wildman–Crippen MR) is 102 cm³/mol. The lowest BCUT2D eigenvalue weighted by Gasteiger charge is -2.25. The van der Waals surface area contributed by atoms with Crippen LogP contribution in [0.5, 0.6) is 0 Å². The Morgan fingerprint density at radius 2 is 2.07 bits per heavy atom. The first-order valence-corrected chi connectivity index (χ1v) is 9.90. The number of aryl methyl sites for hydroxylation is 1. The maximum absolute atomic E-state index is 12.8. The standard InChI is InChI=1S/C21H26N4O2/c1-2-19(25-13-14-8-6-7-9-15(14)21(25)27)20(26)22-12-18-16-10-4-3-5-11-17(16)23-24-18/h6-9,19H,2-5,10-13H2,1H3,(H,22,26)(H,23,24)/t19-/m1/s1. The van der Waals surface area contributed by atoms with E-state index in [0.29, 0.717) is 25.1 Å². The van der Waals surface area contributed by atoms with E-state index in [0.717, 1.165) is 24.1 Å². The normalized spacial score (nSPS) is 17.2. The number of nitrogens with zero attached hydrogens (tertiary/aromatic N) is 2. The summed E-state index contributed by atoms with van der Waals surface area (Å²) in [6.07, 6.45) is 6.25. The fourth-order valence-electron chi connectivity index (χ4n) is 4.24. The molecule has 6 nitrogen and oxygen atoms in total. The quantitative estimate of drug-likeness (QED) is 0.799. The van der Waals surface area contributed by atoms with Crippen LogP contribution >= 0.6 is 0 Å². The van der Waals surface area contributed by atoms with Crippen molar-refractivity contribution in [3.8, 4) is 0 Å². The van der Waals surface area contributed by atoms with E-state index < -0.39 is 6.04 Å². The molecule has 1 aromatic heterocycles. The maximum Gasteiger partial charge on any atom is 0.255 e. The highest BCUT2D eigenvalue weighted by Crippen LogP contribution is 2.26. The van der Waals surface area contributed by atoms with Gasteiger partial charge in [-0.1, -0.05) is 31.5 Å². The van der Waals surface area contributed by atoms with Crippen LogP contribution in [0.3, 0.4) is 0 Å². The van der Waals surface area contributed by atoms with Crippen molar-refractivity contribution < 1.29 is 9.59 Å². The molecule has 0 fully saturated rings. The van der Waals surface area contributed by atoms with Gasteiger partial charge in [-0.25, -0.2) is 0 Å². The second kappa shape index (κ2) is 7.55. The van der Waals surface area contributed by atoms with E-state index >= 15 is 0 Å². The first-order valence-electron chi connectivity index (χ1n) is 9.90. The van der Waals surface area contributed by atoms with E-state index in [-0.39, 0.29) is 11.8 Å². The minimum Gasteiger partial charge on any atom is -0.349 e. The number of aromatic amines is 1. The van der Waals surface area contributed by atoms with E-state index in [4.69, 9.17) is 0 Å². The number of hydrogen-bond donors (Lipinski definition) is 2. The molecule has 142 valence electrons. The fraction of sp³-hybridized carbons (Fsp3) is 0.476. The molecule has 1 aromatic carbocycles. The lowest BCUT2D eigenvalue weighted by atomic mass is 10.1. The Hall–Kier alpha value is -2.63. The zero-order valence-corrected chi connectivity index (χ0v) is 15.8. The van der Waals surface area contributed by atoms with Crippen molar-refractivity contribution >= 4 is 11.8 Å². The summed E-state index contributed by atoms with van der Waals surface area (Å²) in [7, 11) is 0. The third kappa shape index (κ3) is 3.36. The molecule has 2 aromatic rings. The van der Waals surface area contributed by atoms with E-state index in [1.54, 1.807) is 4.90 Å². The van der Waals surface area contributed by atoms with Gasteiger partial charge in [0.2, 0.25) is 5.91 Å². The molecule has 1 aliphatic carbocycles. The van der Waals surface area contributed by atoms with Gasteiger partial charge in [-0.2, -0.15) is 5.10 Å². The van der Waals surface area contributed by atoms with E-state index in [1.165, 1.54) is 30.5 Å². The molecule has 0 bridgehead atoms. The summed E-state index contributed by atoms with van der Waals surface area (Å²) in [5.74, 6) is -0.162. The Morgan fingerprint density at radius 1 is 1.26 bits per heavy atom. The van der Waals surface area contributed by atoms with Gasteiger partial charge in [-0.05, 0) is 49.3 Å². The number of fused-ring (bicyclic) bond motifs is 2. The van der Waals surface area contributed by atoms with Gasteiger partial charge in [-0.15, -0.1) is 0 Å². The summed E-state index contributed by atoms with van der Waals surface area (Å²) in [6, 6.07) is 7.13. The van der Waals surface area contributed by atoms with Gasteiger partial charge in [0, 0.05) is 17.8 Å². The average Bonchev–Trinajstić information content (AvgIpc) is 3.12. The smallest absolute Gasteiger partial charge is 0.255 e. The molecule has 0 saturated carbocycles. The maximum atomic E-state index is 12.8. The van der Waals surface area contributed by atoms with Crippen molar-refractivity contribution in [2.75, 3.05) is 0 Å². The molecular formula is C21H26N4O2. The van der Waals surface area contributed by atoms with Crippen LogP contribution < -0.4 is 5.32 Å². The van der Waals surface area contributed by atoms with Crippen molar-refractivity contribution in [1.29, 1.82) is 0 Å². The zero-order valence-electron chi connectivity index (χ0n) is 15.8. The van der Waals surface area contributed by atoms with Gasteiger partial charge in [0.05, 0.1) is 12.2 Å². The van der Waals surface area contributed by atoms with Crippen molar-refractivity contribution in [1.82, 2.24) is 20.4 Å². The Bertz CT molecular complexity index is 858. The number of hydrogen-bond acceptors (Lipinski definition) is 3. The summed E-state index contributed by atoms with van der Waals surface area (Å²) in [5, 5.41) is 10.6. The van der Waals surface area contributed by atoms with Crippen LogP contribution in [0.2, 0.25) is 0 Å². The Morgan fingerprint density at radius 3 is 2.89 bits per heavy atom. The molecule has 1 aliphatic heterocycles. The number of carbonyl (C=O) groups excluding carboxylic acids is 2. The van der Waals surface area contributed by atoms with Gasteiger partial charge < -0.3 is 10.2 Å².